The predicted molar refractivity (Wildman–Crippen MR) is 78.1 cm³/mol. The quantitative estimate of drug-likeness (QED) is 0.767. The van der Waals surface area contributed by atoms with E-state index in [1.807, 2.05) is 0 Å². The van der Waals surface area contributed by atoms with Crippen LogP contribution in [0.4, 0.5) is 4.39 Å². The van der Waals surface area contributed by atoms with Crippen LogP contribution in [0.5, 0.6) is 5.75 Å². The second-order valence-corrected chi connectivity index (χ2v) is 8.75. The van der Waals surface area contributed by atoms with Crippen LogP contribution in [0.15, 0.2) is 23.1 Å². The van der Waals surface area contributed by atoms with Gasteiger partial charge >= 0.3 is 0 Å². The summed E-state index contributed by atoms with van der Waals surface area (Å²) < 4.78 is 68.8. The summed E-state index contributed by atoms with van der Waals surface area (Å²) in [5.41, 5.74) is 0. The fraction of sp³-hybridized carbons (Fsp3) is 0.500. The second-order valence-electron chi connectivity index (χ2n) is 4.86. The summed E-state index contributed by atoms with van der Waals surface area (Å²) in [5, 5.41) is 0. The lowest BCUT2D eigenvalue weighted by Crippen LogP contribution is -2.50. The number of hydrogen-bond donors (Lipinski definition) is 0. The average molecular weight is 352 g/mol. The zero-order valence-corrected chi connectivity index (χ0v) is 13.8. The predicted octanol–water partition coefficient (Wildman–Crippen LogP) is 0.100. The van der Waals surface area contributed by atoms with E-state index in [1.54, 1.807) is 0 Å². The number of nitrogens with zero attached hydrogens (tertiary/aromatic N) is 2. The van der Waals surface area contributed by atoms with E-state index in [9.17, 15) is 21.2 Å². The lowest BCUT2D eigenvalue weighted by atomic mass is 10.3. The standard InChI is InChI=1S/C12H17FN2O5S2/c1-20-11-4-3-10(13)9-12(11)22(18,19)15-7-5-14(6-8-15)21(2,16)17/h3-4,9H,5-8H2,1-2H3. The van der Waals surface area contributed by atoms with Gasteiger partial charge in [0.15, 0.2) is 0 Å². The zero-order chi connectivity index (χ0) is 16.5. The first-order valence-electron chi connectivity index (χ1n) is 6.45. The highest BCUT2D eigenvalue weighted by molar-refractivity contribution is 7.89. The molecule has 0 saturated carbocycles. The van der Waals surface area contributed by atoms with Crippen LogP contribution >= 0.6 is 0 Å². The molecule has 7 nitrogen and oxygen atoms in total. The van der Waals surface area contributed by atoms with Gasteiger partial charge in [-0.05, 0) is 18.2 Å². The molecule has 0 amide bonds. The molecule has 1 aromatic carbocycles. The minimum atomic E-state index is -3.95. The molecule has 124 valence electrons. The summed E-state index contributed by atoms with van der Waals surface area (Å²) >= 11 is 0. The van der Waals surface area contributed by atoms with E-state index in [1.165, 1.54) is 17.5 Å². The fourth-order valence-corrected chi connectivity index (χ4v) is 4.65. The van der Waals surface area contributed by atoms with Gasteiger partial charge in [-0.2, -0.15) is 8.61 Å². The summed E-state index contributed by atoms with van der Waals surface area (Å²) in [7, 11) is -6.00. The average Bonchev–Trinajstić information content (AvgIpc) is 2.46. The third kappa shape index (κ3) is 3.40. The van der Waals surface area contributed by atoms with E-state index in [-0.39, 0.29) is 36.8 Å². The van der Waals surface area contributed by atoms with Crippen LogP contribution in [-0.4, -0.2) is 65.0 Å². The third-order valence-corrected chi connectivity index (χ3v) is 6.63. The highest BCUT2D eigenvalue weighted by atomic mass is 32.2. The Bertz CT molecular complexity index is 756. The first kappa shape index (κ1) is 17.1. The van der Waals surface area contributed by atoms with Gasteiger partial charge in [-0.3, -0.25) is 0 Å². The van der Waals surface area contributed by atoms with Crippen molar-refractivity contribution in [3.63, 3.8) is 0 Å². The Morgan fingerprint density at radius 2 is 1.59 bits per heavy atom. The highest BCUT2D eigenvalue weighted by Gasteiger charge is 2.33. The van der Waals surface area contributed by atoms with Crippen molar-refractivity contribution in [1.82, 2.24) is 8.61 Å². The first-order valence-corrected chi connectivity index (χ1v) is 9.74. The molecular weight excluding hydrogens is 335 g/mol. The normalized spacial score (nSPS) is 18.3. The van der Waals surface area contributed by atoms with Gasteiger partial charge in [0.05, 0.1) is 13.4 Å². The third-order valence-electron chi connectivity index (χ3n) is 3.41. The molecule has 1 heterocycles. The van der Waals surface area contributed by atoms with Gasteiger partial charge in [0.2, 0.25) is 20.0 Å². The van der Waals surface area contributed by atoms with Gasteiger partial charge < -0.3 is 4.74 Å². The van der Waals surface area contributed by atoms with Gasteiger partial charge in [-0.15, -0.1) is 0 Å². The number of hydrogen-bond acceptors (Lipinski definition) is 5. The van der Waals surface area contributed by atoms with Crippen LogP contribution in [-0.2, 0) is 20.0 Å². The summed E-state index contributed by atoms with van der Waals surface area (Å²) in [5.74, 6) is -0.638. The molecule has 1 aromatic rings. The van der Waals surface area contributed by atoms with Gasteiger partial charge in [-0.25, -0.2) is 21.2 Å². The molecule has 2 rings (SSSR count). The molecule has 1 fully saturated rings. The number of ether oxygens (including phenoxy) is 1. The summed E-state index contributed by atoms with van der Waals surface area (Å²) in [6.07, 6.45) is 1.08. The number of piperazine rings is 1. The van der Waals surface area contributed by atoms with Crippen LogP contribution in [0.2, 0.25) is 0 Å². The van der Waals surface area contributed by atoms with Crippen molar-refractivity contribution < 1.29 is 26.0 Å². The number of rotatable bonds is 4. The fourth-order valence-electron chi connectivity index (χ4n) is 2.23. The van der Waals surface area contributed by atoms with E-state index in [2.05, 4.69) is 0 Å². The van der Waals surface area contributed by atoms with Crippen molar-refractivity contribution in [1.29, 1.82) is 0 Å². The molecule has 0 radical (unpaired) electrons. The minimum Gasteiger partial charge on any atom is -0.495 e. The molecule has 0 spiro atoms. The Morgan fingerprint density at radius 1 is 1.05 bits per heavy atom. The minimum absolute atomic E-state index is 0.00900. The Labute approximate surface area is 129 Å². The van der Waals surface area contributed by atoms with E-state index >= 15 is 0 Å². The molecule has 0 aliphatic carbocycles. The van der Waals surface area contributed by atoms with Gasteiger partial charge in [0.25, 0.3) is 0 Å². The van der Waals surface area contributed by atoms with Crippen LogP contribution < -0.4 is 4.74 Å². The van der Waals surface area contributed by atoms with Crippen molar-refractivity contribution in [3.05, 3.63) is 24.0 Å². The molecule has 1 aliphatic rings. The van der Waals surface area contributed by atoms with Crippen LogP contribution in [0.3, 0.4) is 0 Å². The Hall–Kier alpha value is -1.23. The number of halogens is 1. The van der Waals surface area contributed by atoms with E-state index in [4.69, 9.17) is 4.74 Å². The molecule has 1 aliphatic heterocycles. The van der Waals surface area contributed by atoms with E-state index < -0.39 is 25.9 Å². The molecule has 1 saturated heterocycles. The lowest BCUT2D eigenvalue weighted by molar-refractivity contribution is 0.273. The maximum absolute atomic E-state index is 13.4. The van der Waals surface area contributed by atoms with Crippen LogP contribution in [0.25, 0.3) is 0 Å². The molecule has 22 heavy (non-hydrogen) atoms. The Kier molecular flexibility index (Phi) is 4.76. The van der Waals surface area contributed by atoms with Crippen molar-refractivity contribution in [2.75, 3.05) is 39.5 Å². The highest BCUT2D eigenvalue weighted by Crippen LogP contribution is 2.28. The van der Waals surface area contributed by atoms with Crippen LogP contribution in [0, 0.1) is 5.82 Å². The van der Waals surface area contributed by atoms with Crippen molar-refractivity contribution in [2.24, 2.45) is 0 Å². The molecule has 0 N–H and O–H groups in total. The molecular formula is C12H17FN2O5S2. The van der Waals surface area contributed by atoms with Crippen molar-refractivity contribution in [3.8, 4) is 5.75 Å². The summed E-state index contributed by atoms with van der Waals surface area (Å²) in [4.78, 5) is -0.261. The molecule has 0 aromatic heterocycles. The number of methoxy groups -OCH3 is 1. The SMILES string of the molecule is COc1ccc(F)cc1S(=O)(=O)N1CCN(S(C)(=O)=O)CC1. The molecule has 0 unspecified atom stereocenters. The topological polar surface area (TPSA) is 84.0 Å². The van der Waals surface area contributed by atoms with Crippen LogP contribution in [0.1, 0.15) is 0 Å². The maximum atomic E-state index is 13.4. The number of benzene rings is 1. The van der Waals surface area contributed by atoms with Crippen molar-refractivity contribution in [2.45, 2.75) is 4.90 Å². The monoisotopic (exact) mass is 352 g/mol. The summed E-state index contributed by atoms with van der Waals surface area (Å²) in [6.45, 7) is 0.148. The van der Waals surface area contributed by atoms with Gasteiger partial charge in [0, 0.05) is 26.2 Å². The second kappa shape index (κ2) is 6.11. The van der Waals surface area contributed by atoms with Gasteiger partial charge in [-0.1, -0.05) is 0 Å². The number of sulfonamides is 2. The Balaban J connectivity index is 2.28. The van der Waals surface area contributed by atoms with Gasteiger partial charge in [0.1, 0.15) is 16.5 Å². The van der Waals surface area contributed by atoms with Crippen molar-refractivity contribution >= 4 is 20.0 Å². The zero-order valence-electron chi connectivity index (χ0n) is 12.2. The largest absolute Gasteiger partial charge is 0.495 e. The lowest BCUT2D eigenvalue weighted by Gasteiger charge is -2.32. The first-order chi connectivity index (χ1) is 10.2. The smallest absolute Gasteiger partial charge is 0.246 e. The maximum Gasteiger partial charge on any atom is 0.246 e. The molecule has 0 bridgehead atoms. The Morgan fingerprint density at radius 3 is 2.09 bits per heavy atom. The van der Waals surface area contributed by atoms with E-state index in [0.29, 0.717) is 0 Å². The summed E-state index contributed by atoms with van der Waals surface area (Å²) in [6, 6.07) is 3.26. The van der Waals surface area contributed by atoms with E-state index in [0.717, 1.165) is 22.7 Å². The molecule has 0 atom stereocenters. The molecule has 10 heteroatoms.